The van der Waals surface area contributed by atoms with Gasteiger partial charge in [-0.15, -0.1) is 11.3 Å². The van der Waals surface area contributed by atoms with Crippen LogP contribution in [0.15, 0.2) is 47.4 Å². The lowest BCUT2D eigenvalue weighted by molar-refractivity contribution is 0.200. The summed E-state index contributed by atoms with van der Waals surface area (Å²) in [6.45, 7) is 4.77. The minimum atomic E-state index is -0.0559. The first kappa shape index (κ1) is 17.1. The van der Waals surface area contributed by atoms with Gasteiger partial charge in [0.15, 0.2) is 0 Å². The molecule has 3 aromatic rings. The van der Waals surface area contributed by atoms with Crippen LogP contribution in [0.1, 0.15) is 35.2 Å². The Morgan fingerprint density at radius 2 is 2.15 bits per heavy atom. The molecule has 0 saturated carbocycles. The van der Waals surface area contributed by atoms with Crippen molar-refractivity contribution in [1.29, 1.82) is 0 Å². The van der Waals surface area contributed by atoms with Crippen LogP contribution in [-0.2, 0) is 6.54 Å². The topological polar surface area (TPSA) is 61.9 Å². The second-order valence-electron chi connectivity index (χ2n) is 6.83. The summed E-state index contributed by atoms with van der Waals surface area (Å²) in [5, 5.41) is 1.07. The summed E-state index contributed by atoms with van der Waals surface area (Å²) < 4.78 is 0. The van der Waals surface area contributed by atoms with Gasteiger partial charge in [0.1, 0.15) is 10.8 Å². The molecule has 1 aliphatic heterocycles. The van der Waals surface area contributed by atoms with Crippen LogP contribution in [0.4, 0.5) is 0 Å². The lowest BCUT2D eigenvalue weighted by Crippen LogP contribution is -2.34. The van der Waals surface area contributed by atoms with Crippen LogP contribution in [0.5, 0.6) is 0 Å². The van der Waals surface area contributed by atoms with Gasteiger partial charge in [-0.2, -0.15) is 0 Å². The third kappa shape index (κ3) is 3.92. The molecule has 0 amide bonds. The van der Waals surface area contributed by atoms with Gasteiger partial charge in [-0.3, -0.25) is 9.69 Å². The summed E-state index contributed by atoms with van der Waals surface area (Å²) in [4.78, 5) is 27.3. The van der Waals surface area contributed by atoms with Crippen molar-refractivity contribution in [2.45, 2.75) is 32.2 Å². The Bertz CT molecular complexity index is 934. The summed E-state index contributed by atoms with van der Waals surface area (Å²) >= 11 is 1.76. The molecule has 1 saturated heterocycles. The van der Waals surface area contributed by atoms with E-state index in [9.17, 15) is 4.79 Å². The van der Waals surface area contributed by atoms with Crippen LogP contribution in [0, 0.1) is 6.92 Å². The predicted molar refractivity (Wildman–Crippen MR) is 104 cm³/mol. The third-order valence-electron chi connectivity index (χ3n) is 4.76. The first-order chi connectivity index (χ1) is 12.7. The molecule has 0 radical (unpaired) electrons. The SMILES string of the molecule is Cc1nc([C@@H]2CCCN(Cc3cnc(-c4ccccc4)s3)C2)cc(=O)[nH]1. The van der Waals surface area contributed by atoms with Gasteiger partial charge in [-0.05, 0) is 26.3 Å². The highest BCUT2D eigenvalue weighted by Gasteiger charge is 2.23. The van der Waals surface area contributed by atoms with Crippen LogP contribution >= 0.6 is 11.3 Å². The van der Waals surface area contributed by atoms with Gasteiger partial charge in [0, 0.05) is 41.7 Å². The Balaban J connectivity index is 1.45. The third-order valence-corrected chi connectivity index (χ3v) is 5.79. The Morgan fingerprint density at radius 1 is 1.31 bits per heavy atom. The van der Waals surface area contributed by atoms with Crippen molar-refractivity contribution >= 4 is 11.3 Å². The Hall–Kier alpha value is -2.31. The van der Waals surface area contributed by atoms with E-state index in [4.69, 9.17) is 0 Å². The highest BCUT2D eigenvalue weighted by atomic mass is 32.1. The van der Waals surface area contributed by atoms with Crippen molar-refractivity contribution in [3.05, 3.63) is 69.3 Å². The van der Waals surface area contributed by atoms with E-state index in [-0.39, 0.29) is 5.56 Å². The summed E-state index contributed by atoms with van der Waals surface area (Å²) in [6, 6.07) is 12.0. The smallest absolute Gasteiger partial charge is 0.251 e. The van der Waals surface area contributed by atoms with Crippen LogP contribution in [-0.4, -0.2) is 32.9 Å². The minimum Gasteiger partial charge on any atom is -0.311 e. The van der Waals surface area contributed by atoms with E-state index >= 15 is 0 Å². The molecule has 1 aliphatic rings. The number of benzene rings is 1. The molecule has 5 nitrogen and oxygen atoms in total. The van der Waals surface area contributed by atoms with Crippen LogP contribution in [0.3, 0.4) is 0 Å². The number of thiazole rings is 1. The molecule has 0 aliphatic carbocycles. The molecule has 3 heterocycles. The van der Waals surface area contributed by atoms with Crippen molar-refractivity contribution in [2.75, 3.05) is 13.1 Å². The minimum absolute atomic E-state index is 0.0559. The Morgan fingerprint density at radius 3 is 2.96 bits per heavy atom. The molecule has 1 fully saturated rings. The zero-order valence-electron chi connectivity index (χ0n) is 14.8. The Kier molecular flexibility index (Phi) is 4.95. The van der Waals surface area contributed by atoms with Crippen molar-refractivity contribution < 1.29 is 0 Å². The number of aryl methyl sites for hydroxylation is 1. The summed E-state index contributed by atoms with van der Waals surface area (Å²) in [7, 11) is 0. The largest absolute Gasteiger partial charge is 0.311 e. The van der Waals surface area contributed by atoms with Gasteiger partial charge in [0.05, 0.1) is 5.69 Å². The van der Waals surface area contributed by atoms with Crippen molar-refractivity contribution in [3.8, 4) is 10.6 Å². The molecule has 26 heavy (non-hydrogen) atoms. The molecular weight excluding hydrogens is 344 g/mol. The molecule has 134 valence electrons. The normalized spacial score (nSPS) is 18.1. The molecular formula is C20H22N4OS. The lowest BCUT2D eigenvalue weighted by Gasteiger charge is -2.32. The number of hydrogen-bond donors (Lipinski definition) is 1. The quantitative estimate of drug-likeness (QED) is 0.767. The highest BCUT2D eigenvalue weighted by molar-refractivity contribution is 7.15. The van der Waals surface area contributed by atoms with Gasteiger partial charge in [0.25, 0.3) is 5.56 Å². The van der Waals surface area contributed by atoms with E-state index in [0.717, 1.165) is 43.2 Å². The zero-order valence-corrected chi connectivity index (χ0v) is 15.6. The first-order valence-corrected chi connectivity index (χ1v) is 9.79. The van der Waals surface area contributed by atoms with Gasteiger partial charge in [0.2, 0.25) is 0 Å². The van der Waals surface area contributed by atoms with E-state index < -0.39 is 0 Å². The predicted octanol–water partition coefficient (Wildman–Crippen LogP) is 3.58. The number of likely N-dealkylation sites (tertiary alicyclic amines) is 1. The van der Waals surface area contributed by atoms with E-state index in [1.807, 2.05) is 31.3 Å². The van der Waals surface area contributed by atoms with Crippen molar-refractivity contribution in [2.24, 2.45) is 0 Å². The lowest BCUT2D eigenvalue weighted by atomic mass is 9.94. The molecule has 6 heteroatoms. The van der Waals surface area contributed by atoms with E-state index in [1.54, 1.807) is 17.4 Å². The molecule has 2 aromatic heterocycles. The number of piperidine rings is 1. The highest BCUT2D eigenvalue weighted by Crippen LogP contribution is 2.29. The molecule has 1 atom stereocenters. The maximum absolute atomic E-state index is 11.7. The van der Waals surface area contributed by atoms with Crippen molar-refractivity contribution in [1.82, 2.24) is 19.9 Å². The number of aromatic nitrogens is 3. The standard InChI is InChI=1S/C20H22N4OS/c1-14-22-18(10-19(25)23-14)16-8-5-9-24(12-16)13-17-11-21-20(26-17)15-6-3-2-4-7-15/h2-4,6-7,10-11,16H,5,8-9,12-13H2,1H3,(H,22,23,25)/t16-/m1/s1. The van der Waals surface area contributed by atoms with Crippen LogP contribution in [0.2, 0.25) is 0 Å². The molecule has 0 spiro atoms. The summed E-state index contributed by atoms with van der Waals surface area (Å²) in [6.07, 6.45) is 4.21. The number of nitrogens with zero attached hydrogens (tertiary/aromatic N) is 3. The van der Waals surface area contributed by atoms with Gasteiger partial charge in [-0.1, -0.05) is 30.3 Å². The fraction of sp³-hybridized carbons (Fsp3) is 0.350. The summed E-state index contributed by atoms with van der Waals surface area (Å²) in [5.41, 5.74) is 2.04. The average Bonchev–Trinajstić information content (AvgIpc) is 3.10. The van der Waals surface area contributed by atoms with E-state index in [1.165, 1.54) is 10.4 Å². The maximum Gasteiger partial charge on any atom is 0.251 e. The van der Waals surface area contributed by atoms with Gasteiger partial charge < -0.3 is 4.98 Å². The fourth-order valence-corrected chi connectivity index (χ4v) is 4.53. The first-order valence-electron chi connectivity index (χ1n) is 8.98. The molecule has 0 unspecified atom stereocenters. The molecule has 1 aromatic carbocycles. The van der Waals surface area contributed by atoms with Gasteiger partial charge >= 0.3 is 0 Å². The average molecular weight is 366 g/mol. The van der Waals surface area contributed by atoms with Crippen LogP contribution in [0.25, 0.3) is 10.6 Å². The number of H-pyrrole nitrogens is 1. The van der Waals surface area contributed by atoms with E-state index in [0.29, 0.717) is 11.7 Å². The monoisotopic (exact) mass is 366 g/mol. The van der Waals surface area contributed by atoms with E-state index in [2.05, 4.69) is 32.0 Å². The zero-order chi connectivity index (χ0) is 17.9. The number of rotatable bonds is 4. The Labute approximate surface area is 156 Å². The number of aromatic amines is 1. The fourth-order valence-electron chi connectivity index (χ4n) is 3.57. The number of hydrogen-bond acceptors (Lipinski definition) is 5. The molecule has 4 rings (SSSR count). The molecule has 0 bridgehead atoms. The summed E-state index contributed by atoms with van der Waals surface area (Å²) in [5.74, 6) is 1.02. The van der Waals surface area contributed by atoms with Crippen LogP contribution < -0.4 is 5.56 Å². The second kappa shape index (κ2) is 7.51. The van der Waals surface area contributed by atoms with Crippen molar-refractivity contribution in [3.63, 3.8) is 0 Å². The second-order valence-corrected chi connectivity index (χ2v) is 7.94. The molecule has 1 N–H and O–H groups in total. The van der Waals surface area contributed by atoms with Gasteiger partial charge in [-0.25, -0.2) is 9.97 Å². The number of nitrogens with one attached hydrogen (secondary N) is 1. The maximum atomic E-state index is 11.7.